The number of nitrogen functional groups attached to an aromatic ring is 1. The van der Waals surface area contributed by atoms with E-state index in [-0.39, 0.29) is 5.84 Å². The number of nitrogens with one attached hydrogen (secondary N) is 1. The molecule has 0 heterocycles. The number of hydrogen-bond donors (Lipinski definition) is 2. The fourth-order valence-corrected chi connectivity index (χ4v) is 1.87. The summed E-state index contributed by atoms with van der Waals surface area (Å²) in [5, 5.41) is 7.33. The molecule has 16 heavy (non-hydrogen) atoms. The zero-order chi connectivity index (χ0) is 11.5. The van der Waals surface area contributed by atoms with E-state index in [1.54, 1.807) is 0 Å². The Morgan fingerprint density at radius 1 is 1.31 bits per heavy atom. The molecule has 2 nitrogen and oxygen atoms in total. The number of amidine groups is 1. The molecule has 1 atom stereocenters. The third-order valence-corrected chi connectivity index (χ3v) is 2.80. The second-order valence-electron chi connectivity index (χ2n) is 4.23. The standard InChI is InChI=1S/C14H16N2/c1-10-3-2-4-13(9-10)11-5-7-12(8-6-11)14(15)16/h2,4-10H,3H2,1H3,(H3,15,16). The lowest BCUT2D eigenvalue weighted by molar-refractivity contribution is 0.740. The molecule has 0 spiro atoms. The van der Waals surface area contributed by atoms with E-state index in [1.807, 2.05) is 24.3 Å². The molecule has 0 fully saturated rings. The molecule has 0 bridgehead atoms. The van der Waals surface area contributed by atoms with Gasteiger partial charge in [0.2, 0.25) is 0 Å². The summed E-state index contributed by atoms with van der Waals surface area (Å²) in [6.07, 6.45) is 7.76. The van der Waals surface area contributed by atoms with Crippen molar-refractivity contribution in [2.24, 2.45) is 11.7 Å². The van der Waals surface area contributed by atoms with Crippen LogP contribution in [-0.4, -0.2) is 5.84 Å². The molecular formula is C14H16N2. The van der Waals surface area contributed by atoms with Gasteiger partial charge in [-0.25, -0.2) is 0 Å². The Morgan fingerprint density at radius 3 is 2.56 bits per heavy atom. The molecule has 0 aromatic heterocycles. The molecule has 0 saturated carbocycles. The number of benzene rings is 1. The normalized spacial score (nSPS) is 19.3. The topological polar surface area (TPSA) is 49.9 Å². The van der Waals surface area contributed by atoms with Gasteiger partial charge in [0.15, 0.2) is 0 Å². The van der Waals surface area contributed by atoms with Crippen LogP contribution in [0.25, 0.3) is 5.57 Å². The molecule has 1 aliphatic rings. The van der Waals surface area contributed by atoms with Crippen LogP contribution in [0.3, 0.4) is 0 Å². The van der Waals surface area contributed by atoms with E-state index in [2.05, 4.69) is 25.2 Å². The Bertz CT molecular complexity index is 452. The molecule has 1 aliphatic carbocycles. The first kappa shape index (κ1) is 10.7. The molecule has 1 aromatic rings. The highest BCUT2D eigenvalue weighted by Crippen LogP contribution is 2.24. The summed E-state index contributed by atoms with van der Waals surface area (Å²) >= 11 is 0. The van der Waals surface area contributed by atoms with E-state index < -0.39 is 0 Å². The largest absolute Gasteiger partial charge is 0.384 e. The van der Waals surface area contributed by atoms with Crippen LogP contribution in [-0.2, 0) is 0 Å². The van der Waals surface area contributed by atoms with Gasteiger partial charge in [-0.2, -0.15) is 0 Å². The van der Waals surface area contributed by atoms with Gasteiger partial charge in [0.1, 0.15) is 5.84 Å². The van der Waals surface area contributed by atoms with Crippen molar-refractivity contribution in [3.63, 3.8) is 0 Å². The summed E-state index contributed by atoms with van der Waals surface area (Å²) in [6.45, 7) is 2.22. The van der Waals surface area contributed by atoms with E-state index in [0.717, 1.165) is 12.0 Å². The Labute approximate surface area is 96.0 Å². The molecule has 0 saturated heterocycles. The van der Waals surface area contributed by atoms with Crippen molar-refractivity contribution < 1.29 is 0 Å². The zero-order valence-corrected chi connectivity index (χ0v) is 9.40. The van der Waals surface area contributed by atoms with Crippen LogP contribution in [0.2, 0.25) is 0 Å². The van der Waals surface area contributed by atoms with Crippen LogP contribution in [0.1, 0.15) is 24.5 Å². The molecule has 2 rings (SSSR count). The van der Waals surface area contributed by atoms with E-state index in [0.29, 0.717) is 5.92 Å². The third-order valence-electron chi connectivity index (χ3n) is 2.80. The van der Waals surface area contributed by atoms with Gasteiger partial charge in [-0.3, -0.25) is 5.41 Å². The summed E-state index contributed by atoms with van der Waals surface area (Å²) in [5.41, 5.74) is 8.64. The molecule has 1 aromatic carbocycles. The zero-order valence-electron chi connectivity index (χ0n) is 9.40. The molecule has 3 N–H and O–H groups in total. The van der Waals surface area contributed by atoms with Crippen molar-refractivity contribution in [2.45, 2.75) is 13.3 Å². The summed E-state index contributed by atoms with van der Waals surface area (Å²) in [7, 11) is 0. The number of allylic oxidation sites excluding steroid dienone is 4. The van der Waals surface area contributed by atoms with Gasteiger partial charge in [-0.05, 0) is 23.5 Å². The van der Waals surface area contributed by atoms with E-state index >= 15 is 0 Å². The van der Waals surface area contributed by atoms with Crippen LogP contribution in [0, 0.1) is 11.3 Å². The number of rotatable bonds is 2. The molecule has 2 heteroatoms. The minimum absolute atomic E-state index is 0.119. The summed E-state index contributed by atoms with van der Waals surface area (Å²) in [5.74, 6) is 0.723. The molecule has 1 unspecified atom stereocenters. The fourth-order valence-electron chi connectivity index (χ4n) is 1.87. The van der Waals surface area contributed by atoms with Gasteiger partial charge in [0.25, 0.3) is 0 Å². The highest BCUT2D eigenvalue weighted by atomic mass is 14.7. The van der Waals surface area contributed by atoms with Crippen LogP contribution in [0.4, 0.5) is 0 Å². The molecule has 0 radical (unpaired) electrons. The maximum absolute atomic E-state index is 7.33. The Morgan fingerprint density at radius 2 is 2.00 bits per heavy atom. The summed E-state index contributed by atoms with van der Waals surface area (Å²) < 4.78 is 0. The van der Waals surface area contributed by atoms with Crippen molar-refractivity contribution in [1.82, 2.24) is 0 Å². The maximum atomic E-state index is 7.33. The predicted octanol–water partition coefficient (Wildman–Crippen LogP) is 2.95. The van der Waals surface area contributed by atoms with Crippen molar-refractivity contribution in [3.8, 4) is 0 Å². The minimum Gasteiger partial charge on any atom is -0.384 e. The van der Waals surface area contributed by atoms with Gasteiger partial charge in [-0.1, -0.05) is 49.4 Å². The summed E-state index contributed by atoms with van der Waals surface area (Å²) in [6, 6.07) is 7.83. The predicted molar refractivity (Wildman–Crippen MR) is 68.4 cm³/mol. The average molecular weight is 212 g/mol. The molecular weight excluding hydrogens is 196 g/mol. The lowest BCUT2D eigenvalue weighted by atomic mass is 9.93. The quantitative estimate of drug-likeness (QED) is 0.574. The van der Waals surface area contributed by atoms with Gasteiger partial charge in [0, 0.05) is 5.56 Å². The minimum atomic E-state index is 0.119. The van der Waals surface area contributed by atoms with Crippen molar-refractivity contribution >= 4 is 11.4 Å². The maximum Gasteiger partial charge on any atom is 0.122 e. The molecule has 0 amide bonds. The van der Waals surface area contributed by atoms with Gasteiger partial charge in [0.05, 0.1) is 0 Å². The lowest BCUT2D eigenvalue weighted by Gasteiger charge is -2.12. The second-order valence-corrected chi connectivity index (χ2v) is 4.23. The average Bonchev–Trinajstić information content (AvgIpc) is 2.29. The SMILES string of the molecule is CC1C=C(c2ccc(C(=N)N)cc2)C=CC1. The lowest BCUT2D eigenvalue weighted by Crippen LogP contribution is -2.10. The van der Waals surface area contributed by atoms with E-state index in [9.17, 15) is 0 Å². The van der Waals surface area contributed by atoms with Gasteiger partial charge < -0.3 is 5.73 Å². The second kappa shape index (κ2) is 4.35. The first-order chi connectivity index (χ1) is 7.66. The van der Waals surface area contributed by atoms with E-state index in [1.165, 1.54) is 11.1 Å². The number of nitrogens with two attached hydrogens (primary N) is 1. The van der Waals surface area contributed by atoms with Crippen LogP contribution in [0.15, 0.2) is 42.5 Å². The molecule has 0 aliphatic heterocycles. The smallest absolute Gasteiger partial charge is 0.122 e. The Kier molecular flexibility index (Phi) is 2.91. The Hall–Kier alpha value is -1.83. The first-order valence-electron chi connectivity index (χ1n) is 5.50. The monoisotopic (exact) mass is 212 g/mol. The van der Waals surface area contributed by atoms with Crippen molar-refractivity contribution in [3.05, 3.63) is 53.6 Å². The number of hydrogen-bond acceptors (Lipinski definition) is 1. The van der Waals surface area contributed by atoms with Crippen LogP contribution in [0.5, 0.6) is 0 Å². The van der Waals surface area contributed by atoms with Crippen molar-refractivity contribution in [1.29, 1.82) is 5.41 Å². The van der Waals surface area contributed by atoms with Crippen LogP contribution >= 0.6 is 0 Å². The highest BCUT2D eigenvalue weighted by Gasteiger charge is 2.06. The summed E-state index contributed by atoms with van der Waals surface area (Å²) in [4.78, 5) is 0. The molecule has 82 valence electrons. The Balaban J connectivity index is 2.28. The third kappa shape index (κ3) is 2.22. The van der Waals surface area contributed by atoms with E-state index in [4.69, 9.17) is 11.1 Å². The highest BCUT2D eigenvalue weighted by molar-refractivity contribution is 5.95. The van der Waals surface area contributed by atoms with Crippen molar-refractivity contribution in [2.75, 3.05) is 0 Å². The first-order valence-corrected chi connectivity index (χ1v) is 5.50. The van der Waals surface area contributed by atoms with Crippen LogP contribution < -0.4 is 5.73 Å². The van der Waals surface area contributed by atoms with Gasteiger partial charge in [-0.15, -0.1) is 0 Å². The van der Waals surface area contributed by atoms with Gasteiger partial charge >= 0.3 is 0 Å². The fraction of sp³-hybridized carbons (Fsp3) is 0.214.